The van der Waals surface area contributed by atoms with E-state index in [1.54, 1.807) is 0 Å². The molecule has 0 spiro atoms. The van der Waals surface area contributed by atoms with Gasteiger partial charge in [0.25, 0.3) is 0 Å². The van der Waals surface area contributed by atoms with Crippen LogP contribution in [0.25, 0.3) is 0 Å². The van der Waals surface area contributed by atoms with Crippen LogP contribution in [0, 0.1) is 17.4 Å². The third kappa shape index (κ3) is 3.48. The van der Waals surface area contributed by atoms with E-state index in [4.69, 9.17) is 0 Å². The first-order valence-corrected chi connectivity index (χ1v) is 7.68. The van der Waals surface area contributed by atoms with E-state index in [0.29, 0.717) is 0 Å². The summed E-state index contributed by atoms with van der Waals surface area (Å²) in [5, 5.41) is 3.45. The van der Waals surface area contributed by atoms with Crippen molar-refractivity contribution in [3.63, 3.8) is 0 Å². The number of hydrogen-bond acceptors (Lipinski definition) is 1. The van der Waals surface area contributed by atoms with Crippen LogP contribution in [-0.2, 0) is 6.54 Å². The lowest BCUT2D eigenvalue weighted by Crippen LogP contribution is -2.00. The number of anilines is 1. The van der Waals surface area contributed by atoms with Crippen molar-refractivity contribution in [1.82, 2.24) is 0 Å². The van der Waals surface area contributed by atoms with Gasteiger partial charge < -0.3 is 5.32 Å². The summed E-state index contributed by atoms with van der Waals surface area (Å²) in [4.78, 5) is 0. The second-order valence-corrected chi connectivity index (χ2v) is 6.43. The SMILES string of the molecule is Cc1ccc(CNc2ccc(C)c(I)c2)c(Br)c1. The summed E-state index contributed by atoms with van der Waals surface area (Å²) >= 11 is 5.97. The van der Waals surface area contributed by atoms with E-state index in [-0.39, 0.29) is 0 Å². The quantitative estimate of drug-likeness (QED) is 0.672. The average molecular weight is 416 g/mol. The van der Waals surface area contributed by atoms with Crippen LogP contribution in [0.2, 0.25) is 0 Å². The standard InChI is InChI=1S/C15H15BrIN/c1-10-3-5-12(14(16)7-10)9-18-13-6-4-11(2)15(17)8-13/h3-8,18H,9H2,1-2H3. The lowest BCUT2D eigenvalue weighted by Gasteiger charge is -2.10. The molecule has 0 aromatic heterocycles. The third-order valence-corrected chi connectivity index (χ3v) is 4.76. The van der Waals surface area contributed by atoms with Crippen LogP contribution in [-0.4, -0.2) is 0 Å². The number of aryl methyl sites for hydroxylation is 2. The van der Waals surface area contributed by atoms with Gasteiger partial charge in [-0.2, -0.15) is 0 Å². The minimum atomic E-state index is 0.833. The molecule has 0 saturated carbocycles. The number of rotatable bonds is 3. The smallest absolute Gasteiger partial charge is 0.0411 e. The fourth-order valence-corrected chi connectivity index (χ4v) is 2.84. The zero-order valence-corrected chi connectivity index (χ0v) is 14.2. The summed E-state index contributed by atoms with van der Waals surface area (Å²) in [6.07, 6.45) is 0. The molecule has 3 heteroatoms. The van der Waals surface area contributed by atoms with Crippen LogP contribution in [0.4, 0.5) is 5.69 Å². The molecule has 2 aromatic carbocycles. The lowest BCUT2D eigenvalue weighted by molar-refractivity contribution is 1.13. The topological polar surface area (TPSA) is 12.0 Å². The second-order valence-electron chi connectivity index (χ2n) is 4.41. The number of nitrogens with one attached hydrogen (secondary N) is 1. The Morgan fingerprint density at radius 3 is 2.56 bits per heavy atom. The van der Waals surface area contributed by atoms with Gasteiger partial charge in [0, 0.05) is 20.3 Å². The van der Waals surface area contributed by atoms with E-state index in [2.05, 4.69) is 94.1 Å². The molecule has 0 bridgehead atoms. The summed E-state index contributed by atoms with van der Waals surface area (Å²) in [5.41, 5.74) is 5.03. The Morgan fingerprint density at radius 1 is 1.11 bits per heavy atom. The van der Waals surface area contributed by atoms with Crippen LogP contribution in [0.3, 0.4) is 0 Å². The van der Waals surface area contributed by atoms with Crippen molar-refractivity contribution in [2.75, 3.05) is 5.32 Å². The van der Waals surface area contributed by atoms with Crippen LogP contribution >= 0.6 is 38.5 Å². The minimum Gasteiger partial charge on any atom is -0.381 e. The highest BCUT2D eigenvalue weighted by Crippen LogP contribution is 2.21. The first-order chi connectivity index (χ1) is 8.56. The highest BCUT2D eigenvalue weighted by molar-refractivity contribution is 14.1. The third-order valence-electron chi connectivity index (χ3n) is 2.86. The molecule has 0 unspecified atom stereocenters. The highest BCUT2D eigenvalue weighted by atomic mass is 127. The van der Waals surface area contributed by atoms with Gasteiger partial charge in [0.2, 0.25) is 0 Å². The van der Waals surface area contributed by atoms with E-state index in [1.165, 1.54) is 20.3 Å². The Labute approximate surface area is 130 Å². The Kier molecular flexibility index (Phi) is 4.67. The van der Waals surface area contributed by atoms with Crippen LogP contribution in [0.5, 0.6) is 0 Å². The number of hydrogen-bond donors (Lipinski definition) is 1. The first-order valence-electron chi connectivity index (χ1n) is 5.81. The predicted octanol–water partition coefficient (Wildman–Crippen LogP) is 5.28. The van der Waals surface area contributed by atoms with Crippen molar-refractivity contribution in [2.45, 2.75) is 20.4 Å². The van der Waals surface area contributed by atoms with Gasteiger partial charge in [-0.3, -0.25) is 0 Å². The maximum Gasteiger partial charge on any atom is 0.0411 e. The summed E-state index contributed by atoms with van der Waals surface area (Å²) in [6.45, 7) is 5.06. The summed E-state index contributed by atoms with van der Waals surface area (Å²) in [6, 6.07) is 12.9. The van der Waals surface area contributed by atoms with Gasteiger partial charge in [-0.25, -0.2) is 0 Å². The maximum atomic E-state index is 3.61. The Balaban J connectivity index is 2.09. The largest absolute Gasteiger partial charge is 0.381 e. The molecule has 0 saturated heterocycles. The predicted molar refractivity (Wildman–Crippen MR) is 90.1 cm³/mol. The zero-order valence-electron chi connectivity index (χ0n) is 10.4. The fraction of sp³-hybridized carbons (Fsp3) is 0.200. The Hall–Kier alpha value is -0.550. The van der Waals surface area contributed by atoms with Crippen molar-refractivity contribution in [3.05, 3.63) is 61.1 Å². The van der Waals surface area contributed by atoms with Crippen molar-refractivity contribution in [2.24, 2.45) is 0 Å². The minimum absolute atomic E-state index is 0.833. The molecule has 0 aliphatic rings. The maximum absolute atomic E-state index is 3.61. The first kappa shape index (κ1) is 13.9. The molecule has 0 aliphatic carbocycles. The van der Waals surface area contributed by atoms with Gasteiger partial charge in [0.05, 0.1) is 0 Å². The molecular formula is C15H15BrIN. The van der Waals surface area contributed by atoms with Crippen LogP contribution in [0.15, 0.2) is 40.9 Å². The van der Waals surface area contributed by atoms with E-state index in [9.17, 15) is 0 Å². The molecule has 2 rings (SSSR count). The van der Waals surface area contributed by atoms with Gasteiger partial charge in [-0.15, -0.1) is 0 Å². The summed E-state index contributed by atoms with van der Waals surface area (Å²) < 4.78 is 2.46. The Morgan fingerprint density at radius 2 is 1.89 bits per heavy atom. The van der Waals surface area contributed by atoms with Gasteiger partial charge in [0.1, 0.15) is 0 Å². The molecule has 18 heavy (non-hydrogen) atoms. The van der Waals surface area contributed by atoms with Crippen LogP contribution < -0.4 is 5.32 Å². The molecule has 0 aliphatic heterocycles. The summed E-state index contributed by atoms with van der Waals surface area (Å²) in [5.74, 6) is 0. The van der Waals surface area contributed by atoms with Crippen LogP contribution in [0.1, 0.15) is 16.7 Å². The Bertz CT molecular complexity index is 566. The van der Waals surface area contributed by atoms with Crippen molar-refractivity contribution in [1.29, 1.82) is 0 Å². The van der Waals surface area contributed by atoms with Gasteiger partial charge in [0.15, 0.2) is 0 Å². The zero-order chi connectivity index (χ0) is 13.1. The highest BCUT2D eigenvalue weighted by Gasteiger charge is 2.01. The van der Waals surface area contributed by atoms with E-state index < -0.39 is 0 Å². The summed E-state index contributed by atoms with van der Waals surface area (Å²) in [7, 11) is 0. The average Bonchev–Trinajstić information content (AvgIpc) is 2.32. The van der Waals surface area contributed by atoms with Crippen molar-refractivity contribution in [3.8, 4) is 0 Å². The molecular weight excluding hydrogens is 401 g/mol. The van der Waals surface area contributed by atoms with Crippen molar-refractivity contribution < 1.29 is 0 Å². The lowest BCUT2D eigenvalue weighted by atomic mass is 10.1. The number of halogens is 2. The molecule has 0 atom stereocenters. The van der Waals surface area contributed by atoms with Gasteiger partial charge in [-0.1, -0.05) is 34.1 Å². The van der Waals surface area contributed by atoms with E-state index >= 15 is 0 Å². The molecule has 1 N–H and O–H groups in total. The molecule has 1 nitrogen and oxygen atoms in total. The molecule has 0 radical (unpaired) electrons. The monoisotopic (exact) mass is 415 g/mol. The van der Waals surface area contributed by atoms with E-state index in [1.807, 2.05) is 0 Å². The van der Waals surface area contributed by atoms with Gasteiger partial charge in [-0.05, 0) is 71.3 Å². The van der Waals surface area contributed by atoms with Crippen molar-refractivity contribution >= 4 is 44.2 Å². The number of benzene rings is 2. The molecule has 0 heterocycles. The molecule has 2 aromatic rings. The fourth-order valence-electron chi connectivity index (χ4n) is 1.70. The molecule has 0 fully saturated rings. The van der Waals surface area contributed by atoms with E-state index in [0.717, 1.165) is 16.7 Å². The second kappa shape index (κ2) is 6.06. The molecule has 0 amide bonds. The molecule has 94 valence electrons. The normalized spacial score (nSPS) is 10.4. The van der Waals surface area contributed by atoms with Gasteiger partial charge >= 0.3 is 0 Å².